The Labute approximate surface area is 140 Å². The van der Waals surface area contributed by atoms with Gasteiger partial charge in [0, 0.05) is 24.7 Å². The zero-order valence-electron chi connectivity index (χ0n) is 14.0. The third-order valence-electron chi connectivity index (χ3n) is 3.46. The lowest BCUT2D eigenvalue weighted by molar-refractivity contribution is 0.0943. The van der Waals surface area contributed by atoms with Crippen molar-refractivity contribution in [2.75, 3.05) is 14.2 Å². The van der Waals surface area contributed by atoms with Crippen molar-refractivity contribution in [3.05, 3.63) is 51.9 Å². The summed E-state index contributed by atoms with van der Waals surface area (Å²) in [6.07, 6.45) is 0.763. The Kier molecular flexibility index (Phi) is 5.95. The first kappa shape index (κ1) is 17.5. The number of nitrogens with zero attached hydrogens (tertiary/aromatic N) is 2. The van der Waals surface area contributed by atoms with Gasteiger partial charge < -0.3 is 14.8 Å². The molecule has 128 valence electrons. The highest BCUT2D eigenvalue weighted by molar-refractivity contribution is 5.92. The van der Waals surface area contributed by atoms with Gasteiger partial charge in [0.15, 0.2) is 11.5 Å². The lowest BCUT2D eigenvalue weighted by Crippen LogP contribution is -2.29. The lowest BCUT2D eigenvalue weighted by Gasteiger charge is -2.13. The molecule has 1 aromatic heterocycles. The second-order valence-electron chi connectivity index (χ2n) is 5.12. The number of rotatable bonds is 7. The average Bonchev–Trinajstić information content (AvgIpc) is 2.61. The zero-order valence-corrected chi connectivity index (χ0v) is 14.0. The summed E-state index contributed by atoms with van der Waals surface area (Å²) in [5, 5.41) is 6.86. The van der Waals surface area contributed by atoms with E-state index in [9.17, 15) is 9.59 Å². The number of hydrogen-bond donors (Lipinski definition) is 1. The van der Waals surface area contributed by atoms with Gasteiger partial charge in [0.2, 0.25) is 0 Å². The van der Waals surface area contributed by atoms with E-state index in [4.69, 9.17) is 9.47 Å². The molecule has 2 rings (SSSR count). The Morgan fingerprint density at radius 2 is 2.00 bits per heavy atom. The number of nitrogens with one attached hydrogen (secondary N) is 1. The van der Waals surface area contributed by atoms with E-state index in [1.54, 1.807) is 20.3 Å². The van der Waals surface area contributed by atoms with Crippen LogP contribution in [0.25, 0.3) is 0 Å². The summed E-state index contributed by atoms with van der Waals surface area (Å²) in [4.78, 5) is 23.9. The first-order valence-electron chi connectivity index (χ1n) is 7.67. The van der Waals surface area contributed by atoms with Crippen molar-refractivity contribution in [2.24, 2.45) is 0 Å². The molecule has 0 aliphatic rings. The highest BCUT2D eigenvalue weighted by Gasteiger charge is 2.13. The standard InChI is InChI=1S/C17H21N3O4/c1-4-10-20-15(21)9-8-13(19-20)17(22)18-11-12-6-5-7-14(23-2)16(12)24-3/h5-9H,4,10-11H2,1-3H3,(H,18,22). The van der Waals surface area contributed by atoms with Gasteiger partial charge in [0.25, 0.3) is 11.5 Å². The van der Waals surface area contributed by atoms with Crippen LogP contribution < -0.4 is 20.3 Å². The quantitative estimate of drug-likeness (QED) is 0.833. The molecule has 0 atom stereocenters. The molecule has 0 radical (unpaired) electrons. The molecule has 0 unspecified atom stereocenters. The van der Waals surface area contributed by atoms with Crippen molar-refractivity contribution in [3.63, 3.8) is 0 Å². The highest BCUT2D eigenvalue weighted by Crippen LogP contribution is 2.30. The van der Waals surface area contributed by atoms with Crippen LogP contribution in [0.3, 0.4) is 0 Å². The van der Waals surface area contributed by atoms with Crippen LogP contribution in [0.2, 0.25) is 0 Å². The summed E-state index contributed by atoms with van der Waals surface area (Å²) in [6.45, 7) is 2.67. The maximum Gasteiger partial charge on any atom is 0.271 e. The van der Waals surface area contributed by atoms with E-state index in [1.807, 2.05) is 19.1 Å². The average molecular weight is 331 g/mol. The van der Waals surface area contributed by atoms with Crippen molar-refractivity contribution in [2.45, 2.75) is 26.4 Å². The fraction of sp³-hybridized carbons (Fsp3) is 0.353. The smallest absolute Gasteiger partial charge is 0.271 e. The van der Waals surface area contributed by atoms with E-state index in [2.05, 4.69) is 10.4 Å². The van der Waals surface area contributed by atoms with Gasteiger partial charge in [-0.15, -0.1) is 0 Å². The second-order valence-corrected chi connectivity index (χ2v) is 5.12. The summed E-state index contributed by atoms with van der Waals surface area (Å²) in [6, 6.07) is 8.22. The van der Waals surface area contributed by atoms with E-state index in [0.29, 0.717) is 18.0 Å². The Morgan fingerprint density at radius 1 is 1.21 bits per heavy atom. The summed E-state index contributed by atoms with van der Waals surface area (Å²) in [5.74, 6) is 0.813. The van der Waals surface area contributed by atoms with Crippen LogP contribution >= 0.6 is 0 Å². The van der Waals surface area contributed by atoms with Crippen LogP contribution in [0.5, 0.6) is 11.5 Å². The number of carbonyl (C=O) groups excluding carboxylic acids is 1. The van der Waals surface area contributed by atoms with Gasteiger partial charge in [-0.1, -0.05) is 19.1 Å². The molecule has 0 aliphatic heterocycles. The Bertz CT molecular complexity index is 771. The topological polar surface area (TPSA) is 82.5 Å². The Morgan fingerprint density at radius 3 is 2.67 bits per heavy atom. The van der Waals surface area contributed by atoms with E-state index in [0.717, 1.165) is 12.0 Å². The molecule has 0 saturated carbocycles. The van der Waals surface area contributed by atoms with Crippen molar-refractivity contribution in [1.82, 2.24) is 15.1 Å². The van der Waals surface area contributed by atoms with Crippen molar-refractivity contribution in [3.8, 4) is 11.5 Å². The van der Waals surface area contributed by atoms with Gasteiger partial charge in [-0.05, 0) is 18.6 Å². The van der Waals surface area contributed by atoms with Gasteiger partial charge in [0.05, 0.1) is 14.2 Å². The molecule has 0 aliphatic carbocycles. The molecular weight excluding hydrogens is 310 g/mol. The number of amides is 1. The van der Waals surface area contributed by atoms with Crippen molar-refractivity contribution >= 4 is 5.91 Å². The number of hydrogen-bond acceptors (Lipinski definition) is 5. The Hall–Kier alpha value is -2.83. The number of para-hydroxylation sites is 1. The molecule has 0 bridgehead atoms. The molecule has 2 aromatic rings. The molecule has 1 aromatic carbocycles. The van der Waals surface area contributed by atoms with E-state index in [1.165, 1.54) is 16.8 Å². The number of aromatic nitrogens is 2. The van der Waals surface area contributed by atoms with Crippen molar-refractivity contribution < 1.29 is 14.3 Å². The maximum atomic E-state index is 12.3. The minimum Gasteiger partial charge on any atom is -0.493 e. The largest absolute Gasteiger partial charge is 0.493 e. The highest BCUT2D eigenvalue weighted by atomic mass is 16.5. The van der Waals surface area contributed by atoms with E-state index in [-0.39, 0.29) is 23.7 Å². The minimum absolute atomic E-state index is 0.199. The SMILES string of the molecule is CCCn1nc(C(=O)NCc2cccc(OC)c2OC)ccc1=O. The molecule has 1 amide bonds. The summed E-state index contributed by atoms with van der Waals surface area (Å²) < 4.78 is 11.9. The summed E-state index contributed by atoms with van der Waals surface area (Å²) >= 11 is 0. The first-order chi connectivity index (χ1) is 11.6. The number of methoxy groups -OCH3 is 2. The van der Waals surface area contributed by atoms with Gasteiger partial charge in [0.1, 0.15) is 5.69 Å². The normalized spacial score (nSPS) is 10.3. The van der Waals surface area contributed by atoms with Crippen LogP contribution in [0.4, 0.5) is 0 Å². The second kappa shape index (κ2) is 8.14. The summed E-state index contributed by atoms with van der Waals surface area (Å²) in [7, 11) is 3.10. The van der Waals surface area contributed by atoms with Crippen LogP contribution in [-0.4, -0.2) is 29.9 Å². The monoisotopic (exact) mass is 331 g/mol. The van der Waals surface area contributed by atoms with Crippen LogP contribution in [-0.2, 0) is 13.1 Å². The predicted molar refractivity (Wildman–Crippen MR) is 89.5 cm³/mol. The number of ether oxygens (including phenoxy) is 2. The van der Waals surface area contributed by atoms with Gasteiger partial charge in [-0.3, -0.25) is 9.59 Å². The molecular formula is C17H21N3O4. The van der Waals surface area contributed by atoms with E-state index < -0.39 is 0 Å². The van der Waals surface area contributed by atoms with E-state index >= 15 is 0 Å². The first-order valence-corrected chi connectivity index (χ1v) is 7.67. The molecule has 0 fully saturated rings. The molecule has 0 spiro atoms. The van der Waals surface area contributed by atoms with Crippen LogP contribution in [0, 0.1) is 0 Å². The third-order valence-corrected chi connectivity index (χ3v) is 3.46. The number of benzene rings is 1. The third kappa shape index (κ3) is 3.92. The van der Waals surface area contributed by atoms with Gasteiger partial charge in [-0.2, -0.15) is 5.10 Å². The predicted octanol–water partition coefficient (Wildman–Crippen LogP) is 1.60. The molecule has 7 nitrogen and oxygen atoms in total. The summed E-state index contributed by atoms with van der Waals surface area (Å²) in [5.41, 5.74) is 0.764. The molecule has 1 N–H and O–H groups in total. The fourth-order valence-corrected chi connectivity index (χ4v) is 2.30. The lowest BCUT2D eigenvalue weighted by atomic mass is 10.2. The fourth-order valence-electron chi connectivity index (χ4n) is 2.30. The van der Waals surface area contributed by atoms with Gasteiger partial charge >= 0.3 is 0 Å². The maximum absolute atomic E-state index is 12.3. The van der Waals surface area contributed by atoms with Crippen LogP contribution in [0.15, 0.2) is 35.1 Å². The zero-order chi connectivity index (χ0) is 17.5. The minimum atomic E-state index is -0.357. The number of carbonyl (C=O) groups is 1. The molecule has 24 heavy (non-hydrogen) atoms. The van der Waals surface area contributed by atoms with Crippen molar-refractivity contribution in [1.29, 1.82) is 0 Å². The molecule has 1 heterocycles. The molecule has 0 saturated heterocycles. The van der Waals surface area contributed by atoms with Crippen LogP contribution in [0.1, 0.15) is 29.4 Å². The Balaban J connectivity index is 2.14. The molecule has 7 heteroatoms. The van der Waals surface area contributed by atoms with Gasteiger partial charge in [-0.25, -0.2) is 4.68 Å². The number of aryl methyl sites for hydroxylation is 1.